The van der Waals surface area contributed by atoms with Gasteiger partial charge in [0.1, 0.15) is 0 Å². The van der Waals surface area contributed by atoms with Gasteiger partial charge in [0.25, 0.3) is 0 Å². The highest BCUT2D eigenvalue weighted by Gasteiger charge is 2.30. The summed E-state index contributed by atoms with van der Waals surface area (Å²) in [5, 5.41) is 13.1. The lowest BCUT2D eigenvalue weighted by atomic mass is 9.71. The van der Waals surface area contributed by atoms with E-state index in [1.807, 2.05) is 0 Å². The Kier molecular flexibility index (Phi) is 5.19. The Morgan fingerprint density at radius 1 is 1.29 bits per heavy atom. The van der Waals surface area contributed by atoms with Crippen molar-refractivity contribution >= 4 is 21.6 Å². The summed E-state index contributed by atoms with van der Waals surface area (Å²) in [5.41, 5.74) is 2.62. The summed E-state index contributed by atoms with van der Waals surface area (Å²) in [5.74, 6) is 0.949. The van der Waals surface area contributed by atoms with E-state index in [-0.39, 0.29) is 5.56 Å². The largest absolute Gasteiger partial charge is 0.411 e. The molecule has 0 bridgehead atoms. The van der Waals surface area contributed by atoms with Crippen LogP contribution in [0.15, 0.2) is 57.0 Å². The number of nitrogens with zero attached hydrogens (tertiary/aromatic N) is 2. The van der Waals surface area contributed by atoms with Crippen molar-refractivity contribution in [2.75, 3.05) is 0 Å². The SMILES string of the molecule is Cn1cc(/C(CC(c2ccc(Br)cc2)C2CCC2)=N/O)ccc1=O. The molecule has 1 aromatic carbocycles. The first-order chi connectivity index (χ1) is 11.6. The Morgan fingerprint density at radius 2 is 2.00 bits per heavy atom. The molecular formula is C19H21BrN2O2. The maximum absolute atomic E-state index is 11.6. The van der Waals surface area contributed by atoms with Crippen LogP contribution in [0, 0.1) is 5.92 Å². The lowest BCUT2D eigenvalue weighted by Crippen LogP contribution is -2.24. The van der Waals surface area contributed by atoms with Gasteiger partial charge >= 0.3 is 0 Å². The zero-order valence-corrected chi connectivity index (χ0v) is 15.2. The van der Waals surface area contributed by atoms with Gasteiger partial charge in [-0.25, -0.2) is 0 Å². The van der Waals surface area contributed by atoms with Gasteiger partial charge in [-0.15, -0.1) is 0 Å². The molecule has 1 N–H and O–H groups in total. The number of aromatic nitrogens is 1. The number of hydrogen-bond donors (Lipinski definition) is 1. The van der Waals surface area contributed by atoms with E-state index in [1.165, 1.54) is 35.5 Å². The van der Waals surface area contributed by atoms with Gasteiger partial charge in [-0.1, -0.05) is 39.6 Å². The van der Waals surface area contributed by atoms with Crippen LogP contribution >= 0.6 is 15.9 Å². The molecule has 1 unspecified atom stereocenters. The van der Waals surface area contributed by atoms with Gasteiger partial charge < -0.3 is 9.77 Å². The topological polar surface area (TPSA) is 54.6 Å². The van der Waals surface area contributed by atoms with E-state index in [4.69, 9.17) is 0 Å². The van der Waals surface area contributed by atoms with E-state index in [1.54, 1.807) is 19.3 Å². The summed E-state index contributed by atoms with van der Waals surface area (Å²) in [6.07, 6.45) is 6.10. The fraction of sp³-hybridized carbons (Fsp3) is 0.368. The Morgan fingerprint density at radius 3 is 2.54 bits per heavy atom. The van der Waals surface area contributed by atoms with Gasteiger partial charge in [0.2, 0.25) is 5.56 Å². The molecule has 2 aromatic rings. The van der Waals surface area contributed by atoms with E-state index in [0.29, 0.717) is 24.0 Å². The van der Waals surface area contributed by atoms with Gasteiger partial charge in [0, 0.05) is 35.8 Å². The zero-order chi connectivity index (χ0) is 17.1. The molecule has 3 rings (SSSR count). The van der Waals surface area contributed by atoms with Crippen LogP contribution in [-0.2, 0) is 7.05 Å². The lowest BCUT2D eigenvalue weighted by Gasteiger charge is -2.34. The molecule has 4 nitrogen and oxygen atoms in total. The number of halogens is 1. The van der Waals surface area contributed by atoms with Crippen molar-refractivity contribution in [1.82, 2.24) is 4.57 Å². The van der Waals surface area contributed by atoms with E-state index in [9.17, 15) is 10.0 Å². The van der Waals surface area contributed by atoms with E-state index in [0.717, 1.165) is 10.0 Å². The summed E-state index contributed by atoms with van der Waals surface area (Å²) in [6, 6.07) is 11.6. The molecule has 1 atom stereocenters. The van der Waals surface area contributed by atoms with Crippen LogP contribution in [0.1, 0.15) is 42.7 Å². The van der Waals surface area contributed by atoms with Gasteiger partial charge in [0.05, 0.1) is 5.71 Å². The highest BCUT2D eigenvalue weighted by molar-refractivity contribution is 9.10. The number of rotatable bonds is 5. The first kappa shape index (κ1) is 17.0. The maximum atomic E-state index is 11.6. The van der Waals surface area contributed by atoms with Crippen molar-refractivity contribution in [2.45, 2.75) is 31.6 Å². The van der Waals surface area contributed by atoms with Gasteiger partial charge in [0.15, 0.2) is 0 Å². The van der Waals surface area contributed by atoms with Crippen molar-refractivity contribution in [3.8, 4) is 0 Å². The monoisotopic (exact) mass is 388 g/mol. The molecule has 0 amide bonds. The van der Waals surface area contributed by atoms with Crippen molar-refractivity contribution in [3.05, 3.63) is 68.5 Å². The molecule has 0 radical (unpaired) electrons. The first-order valence-corrected chi connectivity index (χ1v) is 9.01. The average molecular weight is 389 g/mol. The number of pyridine rings is 1. The third-order valence-electron chi connectivity index (χ3n) is 4.97. The minimum Gasteiger partial charge on any atom is -0.411 e. The van der Waals surface area contributed by atoms with Gasteiger partial charge in [-0.2, -0.15) is 0 Å². The molecule has 0 aliphatic heterocycles. The molecule has 1 saturated carbocycles. The second kappa shape index (κ2) is 7.34. The molecule has 1 aliphatic rings. The second-order valence-electron chi connectivity index (χ2n) is 6.47. The maximum Gasteiger partial charge on any atom is 0.250 e. The van der Waals surface area contributed by atoms with Crippen LogP contribution in [0.2, 0.25) is 0 Å². The van der Waals surface area contributed by atoms with E-state index in [2.05, 4.69) is 45.4 Å². The predicted molar refractivity (Wildman–Crippen MR) is 98.8 cm³/mol. The van der Waals surface area contributed by atoms with Crippen LogP contribution < -0.4 is 5.56 Å². The summed E-state index contributed by atoms with van der Waals surface area (Å²) >= 11 is 3.48. The Labute approximate surface area is 150 Å². The molecule has 5 heteroatoms. The number of benzene rings is 1. The predicted octanol–water partition coefficient (Wildman–Crippen LogP) is 4.30. The number of oxime groups is 1. The van der Waals surface area contributed by atoms with Gasteiger partial charge in [-0.05, 0) is 48.4 Å². The standard InChI is InChI=1S/C19H21BrN2O2/c1-22-12-15(7-10-19(22)23)18(21-24)11-17(13-3-2-4-13)14-5-8-16(20)9-6-14/h5-10,12-13,17,24H,2-4,11H2,1H3/b21-18+. The van der Waals surface area contributed by atoms with Crippen LogP contribution in [0.3, 0.4) is 0 Å². The molecule has 1 fully saturated rings. The van der Waals surface area contributed by atoms with Crippen LogP contribution in [0.4, 0.5) is 0 Å². The molecule has 1 aliphatic carbocycles. The molecule has 1 heterocycles. The highest BCUT2D eigenvalue weighted by atomic mass is 79.9. The van der Waals surface area contributed by atoms with Crippen molar-refractivity contribution in [1.29, 1.82) is 0 Å². The Bertz CT molecular complexity index is 792. The van der Waals surface area contributed by atoms with E-state index >= 15 is 0 Å². The Hall–Kier alpha value is -1.88. The number of aryl methyl sites for hydroxylation is 1. The zero-order valence-electron chi connectivity index (χ0n) is 13.7. The van der Waals surface area contributed by atoms with Gasteiger partial charge in [-0.3, -0.25) is 4.79 Å². The summed E-state index contributed by atoms with van der Waals surface area (Å²) in [6.45, 7) is 0. The minimum atomic E-state index is -0.0699. The highest BCUT2D eigenvalue weighted by Crippen LogP contribution is 2.42. The normalized spacial score (nSPS) is 16.7. The molecular weight excluding hydrogens is 368 g/mol. The van der Waals surface area contributed by atoms with Crippen molar-refractivity contribution in [3.63, 3.8) is 0 Å². The quantitative estimate of drug-likeness (QED) is 0.471. The summed E-state index contributed by atoms with van der Waals surface area (Å²) < 4.78 is 2.58. The molecule has 0 saturated heterocycles. The second-order valence-corrected chi connectivity index (χ2v) is 7.38. The van der Waals surface area contributed by atoms with Crippen molar-refractivity contribution < 1.29 is 5.21 Å². The molecule has 126 valence electrons. The fourth-order valence-corrected chi connectivity index (χ4v) is 3.56. The average Bonchev–Trinajstić information content (AvgIpc) is 2.53. The number of hydrogen-bond acceptors (Lipinski definition) is 3. The minimum absolute atomic E-state index is 0.0699. The fourth-order valence-electron chi connectivity index (χ4n) is 3.30. The van der Waals surface area contributed by atoms with Crippen LogP contribution in [0.25, 0.3) is 0 Å². The van der Waals surface area contributed by atoms with Crippen LogP contribution in [-0.4, -0.2) is 15.5 Å². The third kappa shape index (κ3) is 3.61. The summed E-state index contributed by atoms with van der Waals surface area (Å²) in [7, 11) is 1.71. The van der Waals surface area contributed by atoms with Crippen LogP contribution in [0.5, 0.6) is 0 Å². The summed E-state index contributed by atoms with van der Waals surface area (Å²) in [4.78, 5) is 11.6. The molecule has 0 spiro atoms. The van der Waals surface area contributed by atoms with Crippen molar-refractivity contribution in [2.24, 2.45) is 18.1 Å². The smallest absolute Gasteiger partial charge is 0.250 e. The molecule has 24 heavy (non-hydrogen) atoms. The van der Waals surface area contributed by atoms with E-state index < -0.39 is 0 Å². The Balaban J connectivity index is 1.89. The first-order valence-electron chi connectivity index (χ1n) is 8.22. The third-order valence-corrected chi connectivity index (χ3v) is 5.50. The molecule has 1 aromatic heterocycles. The lowest BCUT2D eigenvalue weighted by molar-refractivity contribution is 0.261.